The van der Waals surface area contributed by atoms with Crippen LogP contribution in [0.25, 0.3) is 0 Å². The first-order chi connectivity index (χ1) is 10.1. The lowest BCUT2D eigenvalue weighted by Gasteiger charge is -2.10. The topological polar surface area (TPSA) is 68.7 Å². The van der Waals surface area contributed by atoms with Crippen LogP contribution in [0.2, 0.25) is 0 Å². The zero-order chi connectivity index (χ0) is 15.2. The van der Waals surface area contributed by atoms with Crippen molar-refractivity contribution in [2.75, 3.05) is 13.2 Å². The maximum absolute atomic E-state index is 11.0. The van der Waals surface area contributed by atoms with Gasteiger partial charge in [0.15, 0.2) is 5.75 Å². The van der Waals surface area contributed by atoms with Gasteiger partial charge in [-0.25, -0.2) is 4.79 Å². The number of hydrogen-bond donors (Lipinski definition) is 1. The molecule has 21 heavy (non-hydrogen) atoms. The second kappa shape index (κ2) is 6.74. The molecule has 0 spiro atoms. The van der Waals surface area contributed by atoms with Crippen molar-refractivity contribution in [3.63, 3.8) is 0 Å². The lowest BCUT2D eigenvalue weighted by Crippen LogP contribution is -2.11. The summed E-state index contributed by atoms with van der Waals surface area (Å²) in [7, 11) is 0. The van der Waals surface area contributed by atoms with Crippen molar-refractivity contribution in [1.82, 2.24) is 4.98 Å². The van der Waals surface area contributed by atoms with Gasteiger partial charge in [0.25, 0.3) is 0 Å². The van der Waals surface area contributed by atoms with Crippen LogP contribution in [0.15, 0.2) is 36.7 Å². The third-order valence-electron chi connectivity index (χ3n) is 2.82. The molecular weight excluding hydrogens is 270 g/mol. The zero-order valence-corrected chi connectivity index (χ0v) is 12.0. The van der Waals surface area contributed by atoms with Gasteiger partial charge < -0.3 is 14.6 Å². The Kier molecular flexibility index (Phi) is 4.77. The standard InChI is InChI=1S/C16H17NO4/c1-11-7-12(2)9-13(8-11)20-5-6-21-15-10-17-4-3-14(15)16(18)19/h3-4,7-10H,5-6H2,1-2H3,(H,18,19). The average Bonchev–Trinajstić information content (AvgIpc) is 2.43. The van der Waals surface area contributed by atoms with Crippen molar-refractivity contribution in [1.29, 1.82) is 0 Å². The van der Waals surface area contributed by atoms with E-state index in [4.69, 9.17) is 14.6 Å². The molecule has 0 saturated heterocycles. The largest absolute Gasteiger partial charge is 0.490 e. The molecule has 1 N–H and O–H groups in total. The van der Waals surface area contributed by atoms with E-state index in [-0.39, 0.29) is 17.9 Å². The van der Waals surface area contributed by atoms with Crippen LogP contribution >= 0.6 is 0 Å². The number of rotatable bonds is 6. The Bertz CT molecular complexity index is 620. The van der Waals surface area contributed by atoms with Crippen molar-refractivity contribution in [2.45, 2.75) is 13.8 Å². The molecule has 5 heteroatoms. The van der Waals surface area contributed by atoms with Crippen LogP contribution in [-0.4, -0.2) is 29.3 Å². The molecule has 0 atom stereocenters. The molecule has 2 aromatic rings. The predicted octanol–water partition coefficient (Wildman–Crippen LogP) is 2.85. The van der Waals surface area contributed by atoms with Crippen LogP contribution < -0.4 is 9.47 Å². The first-order valence-corrected chi connectivity index (χ1v) is 6.57. The van der Waals surface area contributed by atoms with Gasteiger partial charge in [-0.05, 0) is 43.2 Å². The Labute approximate surface area is 123 Å². The number of benzene rings is 1. The van der Waals surface area contributed by atoms with Gasteiger partial charge >= 0.3 is 5.97 Å². The second-order valence-electron chi connectivity index (χ2n) is 4.70. The number of ether oxygens (including phenoxy) is 2. The third-order valence-corrected chi connectivity index (χ3v) is 2.82. The van der Waals surface area contributed by atoms with Gasteiger partial charge in [0, 0.05) is 6.20 Å². The Morgan fingerprint density at radius 1 is 1.14 bits per heavy atom. The number of carbonyl (C=O) groups is 1. The highest BCUT2D eigenvalue weighted by Crippen LogP contribution is 2.18. The van der Waals surface area contributed by atoms with E-state index in [1.165, 1.54) is 18.5 Å². The molecule has 0 radical (unpaired) electrons. The molecule has 110 valence electrons. The summed E-state index contributed by atoms with van der Waals surface area (Å²) in [5, 5.41) is 9.02. The summed E-state index contributed by atoms with van der Waals surface area (Å²) in [6, 6.07) is 7.36. The third kappa shape index (κ3) is 4.21. The number of nitrogens with zero attached hydrogens (tertiary/aromatic N) is 1. The van der Waals surface area contributed by atoms with E-state index in [0.29, 0.717) is 6.61 Å². The summed E-state index contributed by atoms with van der Waals surface area (Å²) in [6.45, 7) is 4.59. The molecule has 0 saturated carbocycles. The molecule has 1 heterocycles. The first kappa shape index (κ1) is 14.8. The molecule has 2 rings (SSSR count). The Hall–Kier alpha value is -2.56. The monoisotopic (exact) mass is 287 g/mol. The molecule has 0 amide bonds. The maximum atomic E-state index is 11.0. The first-order valence-electron chi connectivity index (χ1n) is 6.57. The average molecular weight is 287 g/mol. The molecule has 0 aliphatic carbocycles. The number of carboxylic acid groups (broad SMARTS) is 1. The van der Waals surface area contributed by atoms with Crippen LogP contribution in [0.3, 0.4) is 0 Å². The van der Waals surface area contributed by atoms with Gasteiger partial charge in [0.05, 0.1) is 6.20 Å². The van der Waals surface area contributed by atoms with Crippen LogP contribution in [0.1, 0.15) is 21.5 Å². The van der Waals surface area contributed by atoms with Crippen molar-refractivity contribution >= 4 is 5.97 Å². The number of aromatic carboxylic acids is 1. The van der Waals surface area contributed by atoms with E-state index < -0.39 is 5.97 Å². The summed E-state index contributed by atoms with van der Waals surface area (Å²) in [6.07, 6.45) is 2.81. The molecule has 0 aliphatic heterocycles. The summed E-state index contributed by atoms with van der Waals surface area (Å²) < 4.78 is 11.0. The predicted molar refractivity (Wildman–Crippen MR) is 78.1 cm³/mol. The molecule has 1 aromatic heterocycles. The number of carboxylic acids is 1. The molecule has 0 unspecified atom stereocenters. The maximum Gasteiger partial charge on any atom is 0.339 e. The van der Waals surface area contributed by atoms with E-state index >= 15 is 0 Å². The number of hydrogen-bond acceptors (Lipinski definition) is 4. The number of aromatic nitrogens is 1. The van der Waals surface area contributed by atoms with Crippen molar-refractivity contribution < 1.29 is 19.4 Å². The van der Waals surface area contributed by atoms with Crippen molar-refractivity contribution in [2.24, 2.45) is 0 Å². The fourth-order valence-corrected chi connectivity index (χ4v) is 2.00. The van der Waals surface area contributed by atoms with Gasteiger partial charge in [-0.2, -0.15) is 0 Å². The van der Waals surface area contributed by atoms with Gasteiger partial charge in [-0.3, -0.25) is 4.98 Å². The summed E-state index contributed by atoms with van der Waals surface area (Å²) >= 11 is 0. The summed E-state index contributed by atoms with van der Waals surface area (Å²) in [5.74, 6) is -0.0163. The van der Waals surface area contributed by atoms with Crippen molar-refractivity contribution in [3.05, 3.63) is 53.3 Å². The van der Waals surface area contributed by atoms with E-state index in [2.05, 4.69) is 11.1 Å². The molecule has 5 nitrogen and oxygen atoms in total. The van der Waals surface area contributed by atoms with Crippen LogP contribution in [0.5, 0.6) is 11.5 Å². The fraction of sp³-hybridized carbons (Fsp3) is 0.250. The van der Waals surface area contributed by atoms with E-state index in [1.807, 2.05) is 26.0 Å². The second-order valence-corrected chi connectivity index (χ2v) is 4.70. The molecule has 1 aromatic carbocycles. The minimum Gasteiger partial charge on any atom is -0.490 e. The Morgan fingerprint density at radius 2 is 1.81 bits per heavy atom. The molecule has 0 bridgehead atoms. The van der Waals surface area contributed by atoms with E-state index in [0.717, 1.165) is 16.9 Å². The van der Waals surface area contributed by atoms with Crippen LogP contribution in [0.4, 0.5) is 0 Å². The number of pyridine rings is 1. The minimum atomic E-state index is -1.04. The molecular formula is C16H17NO4. The van der Waals surface area contributed by atoms with Gasteiger partial charge in [0.2, 0.25) is 0 Å². The van der Waals surface area contributed by atoms with E-state index in [1.54, 1.807) is 0 Å². The lowest BCUT2D eigenvalue weighted by atomic mass is 10.1. The van der Waals surface area contributed by atoms with Gasteiger partial charge in [0.1, 0.15) is 24.5 Å². The van der Waals surface area contributed by atoms with E-state index in [9.17, 15) is 4.79 Å². The highest BCUT2D eigenvalue weighted by atomic mass is 16.5. The normalized spacial score (nSPS) is 10.2. The molecule has 0 fully saturated rings. The number of aryl methyl sites for hydroxylation is 2. The van der Waals surface area contributed by atoms with Crippen molar-refractivity contribution in [3.8, 4) is 11.5 Å². The van der Waals surface area contributed by atoms with Crippen LogP contribution in [0, 0.1) is 13.8 Å². The molecule has 0 aliphatic rings. The minimum absolute atomic E-state index is 0.0939. The lowest BCUT2D eigenvalue weighted by molar-refractivity contribution is 0.0691. The Balaban J connectivity index is 1.89. The van der Waals surface area contributed by atoms with Gasteiger partial charge in [-0.15, -0.1) is 0 Å². The van der Waals surface area contributed by atoms with Crippen LogP contribution in [-0.2, 0) is 0 Å². The summed E-state index contributed by atoms with van der Waals surface area (Å²) in [4.78, 5) is 14.9. The van der Waals surface area contributed by atoms with Gasteiger partial charge in [-0.1, -0.05) is 6.07 Å². The highest BCUT2D eigenvalue weighted by molar-refractivity contribution is 5.90. The highest BCUT2D eigenvalue weighted by Gasteiger charge is 2.10. The SMILES string of the molecule is Cc1cc(C)cc(OCCOc2cnccc2C(=O)O)c1. The smallest absolute Gasteiger partial charge is 0.339 e. The zero-order valence-electron chi connectivity index (χ0n) is 12.0. The summed E-state index contributed by atoms with van der Waals surface area (Å²) in [5.41, 5.74) is 2.36. The Morgan fingerprint density at radius 3 is 2.48 bits per heavy atom. The quantitative estimate of drug-likeness (QED) is 0.827. The fourth-order valence-electron chi connectivity index (χ4n) is 2.00.